The Hall–Kier alpha value is -3.07. The molecule has 214 valence electrons. The Morgan fingerprint density at radius 2 is 1.57 bits per heavy atom. The molecule has 10 heteroatoms. The summed E-state index contributed by atoms with van der Waals surface area (Å²) in [7, 11) is -4.13. The first-order valence-electron chi connectivity index (χ1n) is 13.2. The molecule has 2 amide bonds. The Morgan fingerprint density at radius 1 is 0.925 bits per heavy atom. The SMILES string of the molecule is CC[C@@H](C)NC(=O)[C@H](CC)N(Cc1ccc(Cl)cc1Cl)C(=O)CN(c1ccccc1C)S(=O)(=O)c1ccccc1. The molecule has 0 bridgehead atoms. The maximum Gasteiger partial charge on any atom is 0.264 e. The van der Waals surface area contributed by atoms with Gasteiger partial charge in [0.2, 0.25) is 11.8 Å². The van der Waals surface area contributed by atoms with Crippen LogP contribution in [0.2, 0.25) is 10.0 Å². The van der Waals surface area contributed by atoms with E-state index in [9.17, 15) is 18.0 Å². The second kappa shape index (κ2) is 14.0. The van der Waals surface area contributed by atoms with Crippen LogP contribution in [0.3, 0.4) is 0 Å². The van der Waals surface area contributed by atoms with Crippen molar-refractivity contribution < 1.29 is 18.0 Å². The highest BCUT2D eigenvalue weighted by atomic mass is 35.5. The number of nitrogens with zero attached hydrogens (tertiary/aromatic N) is 2. The third kappa shape index (κ3) is 7.56. The summed E-state index contributed by atoms with van der Waals surface area (Å²) in [5, 5.41) is 3.74. The van der Waals surface area contributed by atoms with Crippen molar-refractivity contribution in [2.75, 3.05) is 10.8 Å². The minimum atomic E-state index is -4.13. The molecule has 1 N–H and O–H groups in total. The van der Waals surface area contributed by atoms with Crippen molar-refractivity contribution in [2.45, 2.75) is 64.1 Å². The van der Waals surface area contributed by atoms with Gasteiger partial charge in [0.1, 0.15) is 12.6 Å². The monoisotopic (exact) mass is 603 g/mol. The third-order valence-corrected chi connectivity index (χ3v) is 9.10. The molecule has 0 heterocycles. The number of carbonyl (C=O) groups excluding carboxylic acids is 2. The summed E-state index contributed by atoms with van der Waals surface area (Å²) < 4.78 is 28.9. The van der Waals surface area contributed by atoms with Gasteiger partial charge in [-0.1, -0.05) is 79.5 Å². The van der Waals surface area contributed by atoms with E-state index in [1.54, 1.807) is 67.6 Å². The maximum absolute atomic E-state index is 14.1. The predicted octanol–water partition coefficient (Wildman–Crippen LogP) is 6.22. The number of sulfonamides is 1. The molecule has 0 radical (unpaired) electrons. The van der Waals surface area contributed by atoms with Crippen LogP contribution in [0.1, 0.15) is 44.7 Å². The molecule has 40 heavy (non-hydrogen) atoms. The fourth-order valence-corrected chi connectivity index (χ4v) is 6.24. The lowest BCUT2D eigenvalue weighted by Crippen LogP contribution is -2.53. The molecule has 0 aromatic heterocycles. The van der Waals surface area contributed by atoms with Crippen molar-refractivity contribution in [3.05, 3.63) is 94.0 Å². The van der Waals surface area contributed by atoms with Crippen molar-refractivity contribution in [2.24, 2.45) is 0 Å². The fourth-order valence-electron chi connectivity index (χ4n) is 4.27. The number of hydrogen-bond acceptors (Lipinski definition) is 4. The largest absolute Gasteiger partial charge is 0.352 e. The predicted molar refractivity (Wildman–Crippen MR) is 161 cm³/mol. The van der Waals surface area contributed by atoms with Crippen LogP contribution in [0.5, 0.6) is 0 Å². The lowest BCUT2D eigenvalue weighted by molar-refractivity contribution is -0.140. The third-order valence-electron chi connectivity index (χ3n) is 6.74. The number of aryl methyl sites for hydroxylation is 1. The van der Waals surface area contributed by atoms with Crippen LogP contribution in [-0.4, -0.2) is 43.8 Å². The van der Waals surface area contributed by atoms with Gasteiger partial charge in [0.05, 0.1) is 10.6 Å². The topological polar surface area (TPSA) is 86.8 Å². The van der Waals surface area contributed by atoms with Crippen molar-refractivity contribution >= 4 is 50.7 Å². The molecule has 0 aliphatic rings. The minimum absolute atomic E-state index is 0.00569. The van der Waals surface area contributed by atoms with Crippen LogP contribution in [0.4, 0.5) is 5.69 Å². The van der Waals surface area contributed by atoms with Gasteiger partial charge in [0.15, 0.2) is 0 Å². The second-order valence-electron chi connectivity index (χ2n) is 9.61. The Balaban J connectivity index is 2.08. The lowest BCUT2D eigenvalue weighted by atomic mass is 10.1. The second-order valence-corrected chi connectivity index (χ2v) is 12.3. The van der Waals surface area contributed by atoms with E-state index in [0.29, 0.717) is 33.3 Å². The highest BCUT2D eigenvalue weighted by Gasteiger charge is 2.34. The first-order chi connectivity index (χ1) is 19.0. The Morgan fingerprint density at radius 3 is 2.17 bits per heavy atom. The van der Waals surface area contributed by atoms with Crippen molar-refractivity contribution in [3.63, 3.8) is 0 Å². The molecular weight excluding hydrogens is 569 g/mol. The van der Waals surface area contributed by atoms with E-state index in [-0.39, 0.29) is 23.4 Å². The Labute approximate surface area is 247 Å². The quantitative estimate of drug-likeness (QED) is 0.266. The summed E-state index contributed by atoms with van der Waals surface area (Å²) in [4.78, 5) is 28.9. The van der Waals surface area contributed by atoms with E-state index in [4.69, 9.17) is 23.2 Å². The molecule has 0 aliphatic heterocycles. The van der Waals surface area contributed by atoms with Gasteiger partial charge in [-0.2, -0.15) is 0 Å². The Kier molecular flexibility index (Phi) is 11.0. The van der Waals surface area contributed by atoms with Crippen LogP contribution >= 0.6 is 23.2 Å². The minimum Gasteiger partial charge on any atom is -0.352 e. The molecule has 0 fully saturated rings. The first kappa shape index (κ1) is 31.5. The van der Waals surface area contributed by atoms with Crippen molar-refractivity contribution in [3.8, 4) is 0 Å². The van der Waals surface area contributed by atoms with Crippen molar-refractivity contribution in [1.82, 2.24) is 10.2 Å². The van der Waals surface area contributed by atoms with Crippen LogP contribution in [0.25, 0.3) is 0 Å². The number of para-hydroxylation sites is 1. The van der Waals surface area contributed by atoms with E-state index in [0.717, 1.165) is 10.7 Å². The standard InChI is InChI=1S/C30H35Cl2N3O4S/c1-5-22(4)33-30(37)27(6-2)34(19-23-16-17-24(31)18-26(23)32)29(36)20-35(28-15-11-10-12-21(28)3)40(38,39)25-13-8-7-9-14-25/h7-18,22,27H,5-6,19-20H2,1-4H3,(H,33,37)/t22-,27+/m1/s1. The normalized spacial score (nSPS) is 12.8. The van der Waals surface area contributed by atoms with Crippen LogP contribution in [0.15, 0.2) is 77.7 Å². The van der Waals surface area contributed by atoms with E-state index in [1.807, 2.05) is 20.8 Å². The first-order valence-corrected chi connectivity index (χ1v) is 15.4. The number of amides is 2. The zero-order valence-electron chi connectivity index (χ0n) is 23.1. The van der Waals surface area contributed by atoms with E-state index >= 15 is 0 Å². The zero-order valence-corrected chi connectivity index (χ0v) is 25.4. The summed E-state index contributed by atoms with van der Waals surface area (Å²) in [5.74, 6) is -0.858. The number of anilines is 1. The molecular formula is C30H35Cl2N3O4S. The average Bonchev–Trinajstić information content (AvgIpc) is 2.93. The van der Waals surface area contributed by atoms with Crippen molar-refractivity contribution in [1.29, 1.82) is 0 Å². The fraction of sp³-hybridized carbons (Fsp3) is 0.333. The summed E-state index contributed by atoms with van der Waals surface area (Å²) in [6.45, 7) is 6.92. The van der Waals surface area contributed by atoms with Gasteiger partial charge >= 0.3 is 0 Å². The smallest absolute Gasteiger partial charge is 0.264 e. The van der Waals surface area contributed by atoms with Gasteiger partial charge in [-0.05, 0) is 68.1 Å². The van der Waals surface area contributed by atoms with Gasteiger partial charge in [-0.15, -0.1) is 0 Å². The molecule has 0 saturated heterocycles. The van der Waals surface area contributed by atoms with E-state index < -0.39 is 28.5 Å². The average molecular weight is 605 g/mol. The molecule has 0 spiro atoms. The maximum atomic E-state index is 14.1. The highest BCUT2D eigenvalue weighted by molar-refractivity contribution is 7.92. The summed E-state index contributed by atoms with van der Waals surface area (Å²) in [6.07, 6.45) is 1.03. The zero-order chi connectivity index (χ0) is 29.4. The van der Waals surface area contributed by atoms with Crippen LogP contribution in [-0.2, 0) is 26.2 Å². The van der Waals surface area contributed by atoms with Crippen LogP contribution in [0, 0.1) is 6.92 Å². The molecule has 7 nitrogen and oxygen atoms in total. The number of benzene rings is 3. The number of halogens is 2. The molecule has 0 aliphatic carbocycles. The van der Waals surface area contributed by atoms with Gasteiger partial charge in [-0.25, -0.2) is 8.42 Å². The summed E-state index contributed by atoms with van der Waals surface area (Å²) in [5.41, 5.74) is 1.65. The van der Waals surface area contributed by atoms with E-state index in [2.05, 4.69) is 5.32 Å². The molecule has 0 saturated carbocycles. The number of carbonyl (C=O) groups is 2. The van der Waals surface area contributed by atoms with Gasteiger partial charge in [-0.3, -0.25) is 13.9 Å². The highest BCUT2D eigenvalue weighted by Crippen LogP contribution is 2.28. The number of nitrogens with one attached hydrogen (secondary N) is 1. The molecule has 3 aromatic carbocycles. The molecule has 3 rings (SSSR count). The Bertz CT molecular complexity index is 1430. The van der Waals surface area contributed by atoms with Gasteiger partial charge in [0, 0.05) is 22.6 Å². The molecule has 3 aromatic rings. The lowest BCUT2D eigenvalue weighted by Gasteiger charge is -2.34. The van der Waals surface area contributed by atoms with Gasteiger partial charge in [0.25, 0.3) is 10.0 Å². The molecule has 0 unspecified atom stereocenters. The molecule has 2 atom stereocenters. The van der Waals surface area contributed by atoms with Gasteiger partial charge < -0.3 is 10.2 Å². The number of rotatable bonds is 12. The van der Waals surface area contributed by atoms with E-state index in [1.165, 1.54) is 17.0 Å². The summed E-state index contributed by atoms with van der Waals surface area (Å²) in [6, 6.07) is 18.9. The number of hydrogen-bond donors (Lipinski definition) is 1. The summed E-state index contributed by atoms with van der Waals surface area (Å²) >= 11 is 12.5. The van der Waals surface area contributed by atoms with Crippen LogP contribution < -0.4 is 9.62 Å².